The number of nitrogens with one attached hydrogen (secondary N) is 1. The van der Waals surface area contributed by atoms with Gasteiger partial charge in [0.25, 0.3) is 15.9 Å². The lowest BCUT2D eigenvalue weighted by Gasteiger charge is -2.30. The van der Waals surface area contributed by atoms with E-state index in [1.165, 1.54) is 15.6 Å². The number of anilines is 1. The fourth-order valence-corrected chi connectivity index (χ4v) is 6.66. The molecule has 1 saturated heterocycles. The number of benzene rings is 2. The van der Waals surface area contributed by atoms with Crippen LogP contribution in [-0.4, -0.2) is 37.7 Å². The first kappa shape index (κ1) is 25.4. The molecule has 2 heterocycles. The lowest BCUT2D eigenvalue weighted by molar-refractivity contribution is -0.160. The van der Waals surface area contributed by atoms with Crippen LogP contribution in [-0.2, 0) is 24.3 Å². The first-order valence-electron chi connectivity index (χ1n) is 11.1. The van der Waals surface area contributed by atoms with Crippen molar-refractivity contribution in [2.24, 2.45) is 5.92 Å². The summed E-state index contributed by atoms with van der Waals surface area (Å²) in [6.07, 6.45) is -0.517. The number of ether oxygens (including phenoxy) is 1. The molecule has 1 unspecified atom stereocenters. The van der Waals surface area contributed by atoms with Crippen LogP contribution in [0.4, 0.5) is 5.69 Å². The van der Waals surface area contributed by atoms with Crippen molar-refractivity contribution in [2.45, 2.75) is 30.1 Å². The Morgan fingerprint density at radius 3 is 2.43 bits per heavy atom. The number of aryl methyl sites for hydroxylation is 1. The fourth-order valence-electron chi connectivity index (χ4n) is 3.86. The number of halogens is 1. The van der Waals surface area contributed by atoms with Gasteiger partial charge in [-0.3, -0.25) is 9.59 Å². The molecule has 0 saturated carbocycles. The molecule has 1 atom stereocenters. The molecule has 0 bridgehead atoms. The van der Waals surface area contributed by atoms with Crippen molar-refractivity contribution in [3.05, 3.63) is 82.2 Å². The first-order valence-corrected chi connectivity index (χ1v) is 13.8. The Hall–Kier alpha value is -2.72. The molecule has 1 amide bonds. The van der Waals surface area contributed by atoms with Crippen LogP contribution in [0.1, 0.15) is 30.1 Å². The molecule has 0 spiro atoms. The minimum atomic E-state index is -3.56. The number of thiophene rings is 1. The highest BCUT2D eigenvalue weighted by Crippen LogP contribution is 2.29. The van der Waals surface area contributed by atoms with E-state index in [-0.39, 0.29) is 17.3 Å². The predicted octanol–water partition coefficient (Wildman–Crippen LogP) is 5.03. The van der Waals surface area contributed by atoms with Gasteiger partial charge in [-0.2, -0.15) is 4.31 Å². The summed E-state index contributed by atoms with van der Waals surface area (Å²) >= 11 is 7.34. The van der Waals surface area contributed by atoms with E-state index in [9.17, 15) is 18.0 Å². The number of carbonyl (C=O) groups is 2. The van der Waals surface area contributed by atoms with Crippen LogP contribution in [0.25, 0.3) is 0 Å². The van der Waals surface area contributed by atoms with E-state index in [0.717, 1.165) is 5.56 Å². The first-order chi connectivity index (χ1) is 16.8. The molecule has 0 aliphatic carbocycles. The monoisotopic (exact) mass is 532 g/mol. The molecule has 1 aliphatic rings. The van der Waals surface area contributed by atoms with Crippen molar-refractivity contribution in [1.29, 1.82) is 0 Å². The minimum absolute atomic E-state index is 0.212. The molecule has 3 aromatic rings. The van der Waals surface area contributed by atoms with Crippen molar-refractivity contribution in [1.82, 2.24) is 4.31 Å². The topological polar surface area (TPSA) is 92.8 Å². The highest BCUT2D eigenvalue weighted by atomic mass is 35.5. The van der Waals surface area contributed by atoms with Crippen LogP contribution in [0.2, 0.25) is 5.02 Å². The van der Waals surface area contributed by atoms with E-state index in [1.54, 1.807) is 60.0 Å². The molecule has 0 radical (unpaired) electrons. The highest BCUT2D eigenvalue weighted by Gasteiger charge is 2.35. The Morgan fingerprint density at radius 2 is 1.80 bits per heavy atom. The molecule has 1 aromatic heterocycles. The maximum atomic E-state index is 13.1. The molecule has 1 N–H and O–H groups in total. The standard InChI is InChI=1S/C25H25ClN2O5S2/c1-17-9-10-20(16-21(17)26)27-24(29)23(18-6-3-2-4-7-18)33-25(30)19-11-13-28(14-12-19)35(31,32)22-8-5-15-34-22/h2-10,15-16,19,23H,11-14H2,1H3,(H,27,29). The highest BCUT2D eigenvalue weighted by molar-refractivity contribution is 7.91. The molecule has 2 aromatic carbocycles. The zero-order valence-electron chi connectivity index (χ0n) is 19.0. The Bertz CT molecular complexity index is 1290. The lowest BCUT2D eigenvalue weighted by atomic mass is 9.98. The van der Waals surface area contributed by atoms with E-state index < -0.39 is 33.9 Å². The number of esters is 1. The maximum absolute atomic E-state index is 13.1. The van der Waals surface area contributed by atoms with E-state index in [1.807, 2.05) is 13.0 Å². The molecule has 4 rings (SSSR count). The molecular weight excluding hydrogens is 508 g/mol. The molecule has 10 heteroatoms. The molecule has 7 nitrogen and oxygen atoms in total. The van der Waals surface area contributed by atoms with Crippen LogP contribution in [0.15, 0.2) is 70.3 Å². The molecule has 35 heavy (non-hydrogen) atoms. The van der Waals surface area contributed by atoms with Crippen molar-refractivity contribution < 1.29 is 22.7 Å². The number of hydrogen-bond acceptors (Lipinski definition) is 6. The Kier molecular flexibility index (Phi) is 7.91. The number of hydrogen-bond donors (Lipinski definition) is 1. The predicted molar refractivity (Wildman–Crippen MR) is 136 cm³/mol. The summed E-state index contributed by atoms with van der Waals surface area (Å²) in [6.45, 7) is 2.29. The van der Waals surface area contributed by atoms with Gasteiger partial charge >= 0.3 is 5.97 Å². The summed E-state index contributed by atoms with van der Waals surface area (Å²) in [5, 5.41) is 5.01. The van der Waals surface area contributed by atoms with E-state index in [4.69, 9.17) is 16.3 Å². The van der Waals surface area contributed by atoms with Crippen molar-refractivity contribution in [3.8, 4) is 0 Å². The van der Waals surface area contributed by atoms with E-state index in [0.29, 0.717) is 29.1 Å². The summed E-state index contributed by atoms with van der Waals surface area (Å²) in [6, 6.07) is 17.2. The van der Waals surface area contributed by atoms with Crippen LogP contribution >= 0.6 is 22.9 Å². The zero-order valence-corrected chi connectivity index (χ0v) is 21.4. The second-order valence-electron chi connectivity index (χ2n) is 8.29. The average Bonchev–Trinajstić information content (AvgIpc) is 3.41. The SMILES string of the molecule is Cc1ccc(NC(=O)C(OC(=O)C2CCN(S(=O)(=O)c3cccs3)CC2)c2ccccc2)cc1Cl. The second kappa shape index (κ2) is 10.9. The van der Waals surface area contributed by atoms with Crippen molar-refractivity contribution >= 4 is 50.5 Å². The Labute approximate surface area is 213 Å². The van der Waals surface area contributed by atoms with E-state index >= 15 is 0 Å². The van der Waals surface area contributed by atoms with Crippen molar-refractivity contribution in [2.75, 3.05) is 18.4 Å². The van der Waals surface area contributed by atoms with Crippen LogP contribution in [0.3, 0.4) is 0 Å². The third-order valence-corrected chi connectivity index (χ3v) is 9.57. The number of amides is 1. The molecule has 184 valence electrons. The van der Waals surface area contributed by atoms with Gasteiger partial charge < -0.3 is 10.1 Å². The smallest absolute Gasteiger partial charge is 0.310 e. The summed E-state index contributed by atoms with van der Waals surface area (Å²) in [5.74, 6) is -1.52. The van der Waals surface area contributed by atoms with Gasteiger partial charge in [-0.05, 0) is 48.9 Å². The third-order valence-electron chi connectivity index (χ3n) is 5.89. The lowest BCUT2D eigenvalue weighted by Crippen LogP contribution is -2.41. The Balaban J connectivity index is 1.44. The van der Waals surface area contributed by atoms with Gasteiger partial charge in [-0.1, -0.05) is 54.1 Å². The average molecular weight is 533 g/mol. The van der Waals surface area contributed by atoms with Crippen molar-refractivity contribution in [3.63, 3.8) is 0 Å². The number of sulfonamides is 1. The number of piperidine rings is 1. The van der Waals surface area contributed by atoms with Crippen LogP contribution in [0.5, 0.6) is 0 Å². The number of nitrogens with zero attached hydrogens (tertiary/aromatic N) is 1. The fraction of sp³-hybridized carbons (Fsp3) is 0.280. The number of rotatable bonds is 7. The summed E-state index contributed by atoms with van der Waals surface area (Å²) in [4.78, 5) is 26.2. The Morgan fingerprint density at radius 1 is 1.09 bits per heavy atom. The molecular formula is C25H25ClN2O5S2. The summed E-state index contributed by atoms with van der Waals surface area (Å²) < 4.78 is 32.9. The molecule has 1 fully saturated rings. The second-order valence-corrected chi connectivity index (χ2v) is 11.8. The van der Waals surface area contributed by atoms with Crippen LogP contribution in [0, 0.1) is 12.8 Å². The van der Waals surface area contributed by atoms with Gasteiger partial charge in [0, 0.05) is 29.4 Å². The zero-order chi connectivity index (χ0) is 25.0. The minimum Gasteiger partial charge on any atom is -0.447 e. The van der Waals surface area contributed by atoms with Gasteiger partial charge in [0.2, 0.25) is 6.10 Å². The normalized spacial score (nSPS) is 15.9. The number of carbonyl (C=O) groups excluding carboxylic acids is 2. The molecule has 1 aliphatic heterocycles. The van der Waals surface area contributed by atoms with Crippen LogP contribution < -0.4 is 5.32 Å². The van der Waals surface area contributed by atoms with Gasteiger partial charge in [-0.15, -0.1) is 11.3 Å². The van der Waals surface area contributed by atoms with E-state index in [2.05, 4.69) is 5.32 Å². The summed E-state index contributed by atoms with van der Waals surface area (Å²) in [7, 11) is -3.56. The largest absolute Gasteiger partial charge is 0.447 e. The van der Waals surface area contributed by atoms with Gasteiger partial charge in [0.05, 0.1) is 5.92 Å². The third kappa shape index (κ3) is 5.92. The van der Waals surface area contributed by atoms with Gasteiger partial charge in [0.15, 0.2) is 0 Å². The maximum Gasteiger partial charge on any atom is 0.310 e. The quantitative estimate of drug-likeness (QED) is 0.431. The van der Waals surface area contributed by atoms with Gasteiger partial charge in [0.1, 0.15) is 4.21 Å². The summed E-state index contributed by atoms with van der Waals surface area (Å²) in [5.41, 5.74) is 1.91. The van der Waals surface area contributed by atoms with Gasteiger partial charge in [-0.25, -0.2) is 8.42 Å².